The van der Waals surface area contributed by atoms with Gasteiger partial charge < -0.3 is 10.4 Å². The molecular weight excluding hydrogens is 282 g/mol. The Balaban J connectivity index is 2.11. The van der Waals surface area contributed by atoms with Crippen molar-refractivity contribution in [2.75, 3.05) is 6.54 Å². The maximum Gasteiger partial charge on any atom is 0.322 e. The first-order valence-electron chi connectivity index (χ1n) is 5.64. The van der Waals surface area contributed by atoms with Crippen molar-refractivity contribution in [3.05, 3.63) is 47.5 Å². The monoisotopic (exact) mass is 291 g/mol. The molecule has 2 aromatic rings. The van der Waals surface area contributed by atoms with Gasteiger partial charge in [-0.1, -0.05) is 17.7 Å². The third-order valence-corrected chi connectivity index (χ3v) is 2.68. The minimum absolute atomic E-state index is 0.150. The highest BCUT2D eigenvalue weighted by Gasteiger charge is 2.08. The molecule has 0 aromatic carbocycles. The first-order chi connectivity index (χ1) is 9.56. The Labute approximate surface area is 119 Å². The van der Waals surface area contributed by atoms with E-state index in [2.05, 4.69) is 15.3 Å². The summed E-state index contributed by atoms with van der Waals surface area (Å²) in [6.07, 6.45) is 3.12. The molecule has 2 N–H and O–H groups in total. The summed E-state index contributed by atoms with van der Waals surface area (Å²) < 4.78 is 0. The lowest BCUT2D eigenvalue weighted by atomic mass is 10.1. The fraction of sp³-hybridized carbons (Fsp3) is 0.0769. The van der Waals surface area contributed by atoms with E-state index in [-0.39, 0.29) is 5.69 Å². The number of hydrogen-bond donors (Lipinski definition) is 2. The summed E-state index contributed by atoms with van der Waals surface area (Å²) in [4.78, 5) is 29.9. The van der Waals surface area contributed by atoms with E-state index >= 15 is 0 Å². The van der Waals surface area contributed by atoms with Crippen LogP contribution < -0.4 is 5.32 Å². The molecular formula is C13H10ClN3O3. The fourth-order valence-corrected chi connectivity index (χ4v) is 1.60. The molecule has 0 saturated carbocycles. The Morgan fingerprint density at radius 2 is 1.75 bits per heavy atom. The van der Waals surface area contributed by atoms with Crippen LogP contribution in [0.25, 0.3) is 11.1 Å². The highest BCUT2D eigenvalue weighted by molar-refractivity contribution is 6.29. The predicted octanol–water partition coefficient (Wildman–Crippen LogP) is 1.61. The highest BCUT2D eigenvalue weighted by atomic mass is 35.5. The molecule has 1 amide bonds. The van der Waals surface area contributed by atoms with Gasteiger partial charge in [0, 0.05) is 23.5 Å². The zero-order valence-corrected chi connectivity index (χ0v) is 11.0. The number of carbonyl (C=O) groups excluding carboxylic acids is 1. The predicted molar refractivity (Wildman–Crippen MR) is 72.4 cm³/mol. The summed E-state index contributed by atoms with van der Waals surface area (Å²) in [6.45, 7) is -0.441. The third-order valence-electron chi connectivity index (χ3n) is 2.46. The number of aromatic nitrogens is 2. The summed E-state index contributed by atoms with van der Waals surface area (Å²) in [7, 11) is 0. The average Bonchev–Trinajstić information content (AvgIpc) is 2.46. The Morgan fingerprint density at radius 3 is 2.25 bits per heavy atom. The molecule has 0 spiro atoms. The molecule has 102 valence electrons. The van der Waals surface area contributed by atoms with Crippen LogP contribution in [0.1, 0.15) is 10.5 Å². The van der Waals surface area contributed by atoms with Crippen molar-refractivity contribution in [1.29, 1.82) is 0 Å². The van der Waals surface area contributed by atoms with Crippen LogP contribution in [-0.2, 0) is 4.79 Å². The van der Waals surface area contributed by atoms with Crippen molar-refractivity contribution in [1.82, 2.24) is 15.3 Å². The van der Waals surface area contributed by atoms with Gasteiger partial charge in [0.25, 0.3) is 5.91 Å². The number of pyridine rings is 2. The third kappa shape index (κ3) is 3.52. The van der Waals surface area contributed by atoms with Gasteiger partial charge in [0.1, 0.15) is 17.4 Å². The number of carbonyl (C=O) groups is 2. The molecule has 20 heavy (non-hydrogen) atoms. The lowest BCUT2D eigenvalue weighted by Crippen LogP contribution is -2.29. The number of carboxylic acid groups (broad SMARTS) is 1. The van der Waals surface area contributed by atoms with Crippen molar-refractivity contribution in [3.63, 3.8) is 0 Å². The first kappa shape index (κ1) is 14.0. The molecule has 2 aromatic heterocycles. The standard InChI is InChI=1S/C13H10ClN3O3/c14-11-4-2-9(6-16-11)8-1-3-10(15-5-8)13(20)17-7-12(18)19/h1-6H,7H2,(H,17,20)(H,18,19). The van der Waals surface area contributed by atoms with E-state index in [1.165, 1.54) is 12.3 Å². The summed E-state index contributed by atoms with van der Waals surface area (Å²) in [6, 6.07) is 6.66. The van der Waals surface area contributed by atoms with Gasteiger partial charge in [-0.05, 0) is 18.2 Å². The van der Waals surface area contributed by atoms with Gasteiger partial charge in [-0.15, -0.1) is 0 Å². The number of rotatable bonds is 4. The summed E-state index contributed by atoms with van der Waals surface area (Å²) in [5, 5.41) is 11.1. The van der Waals surface area contributed by atoms with Gasteiger partial charge in [-0.25, -0.2) is 4.98 Å². The zero-order chi connectivity index (χ0) is 14.5. The van der Waals surface area contributed by atoms with E-state index in [1.807, 2.05) is 0 Å². The lowest BCUT2D eigenvalue weighted by molar-refractivity contribution is -0.135. The van der Waals surface area contributed by atoms with Crippen LogP contribution in [-0.4, -0.2) is 33.5 Å². The smallest absolute Gasteiger partial charge is 0.322 e. The summed E-state index contributed by atoms with van der Waals surface area (Å²) in [5.74, 6) is -1.64. The van der Waals surface area contributed by atoms with Crippen LogP contribution in [0.5, 0.6) is 0 Å². The minimum atomic E-state index is -1.11. The largest absolute Gasteiger partial charge is 0.480 e. The summed E-state index contributed by atoms with van der Waals surface area (Å²) in [5.41, 5.74) is 1.75. The molecule has 0 unspecified atom stereocenters. The lowest BCUT2D eigenvalue weighted by Gasteiger charge is -2.04. The second-order valence-electron chi connectivity index (χ2n) is 3.88. The molecule has 6 nitrogen and oxygen atoms in total. The van der Waals surface area contributed by atoms with Crippen LogP contribution in [0.3, 0.4) is 0 Å². The Kier molecular flexibility index (Phi) is 4.27. The van der Waals surface area contributed by atoms with E-state index in [0.717, 1.165) is 11.1 Å². The van der Waals surface area contributed by atoms with Crippen LogP contribution in [0.15, 0.2) is 36.7 Å². The number of nitrogens with one attached hydrogen (secondary N) is 1. The topological polar surface area (TPSA) is 92.2 Å². The molecule has 0 saturated heterocycles. The van der Waals surface area contributed by atoms with Gasteiger partial charge in [-0.3, -0.25) is 14.6 Å². The Hall–Kier alpha value is -2.47. The van der Waals surface area contributed by atoms with E-state index in [0.29, 0.717) is 5.15 Å². The SMILES string of the molecule is O=C(O)CNC(=O)c1ccc(-c2ccc(Cl)nc2)cn1. The second-order valence-corrected chi connectivity index (χ2v) is 4.27. The zero-order valence-electron chi connectivity index (χ0n) is 10.2. The van der Waals surface area contributed by atoms with Crippen molar-refractivity contribution in [2.24, 2.45) is 0 Å². The van der Waals surface area contributed by atoms with E-state index in [1.54, 1.807) is 24.4 Å². The second kappa shape index (κ2) is 6.12. The number of aliphatic carboxylic acids is 1. The molecule has 0 fully saturated rings. The molecule has 0 aliphatic heterocycles. The van der Waals surface area contributed by atoms with Crippen molar-refractivity contribution in [2.45, 2.75) is 0 Å². The van der Waals surface area contributed by atoms with Gasteiger partial charge in [-0.2, -0.15) is 0 Å². The molecule has 2 rings (SSSR count). The van der Waals surface area contributed by atoms with Gasteiger partial charge in [0.15, 0.2) is 0 Å². The molecule has 0 radical (unpaired) electrons. The Morgan fingerprint density at radius 1 is 1.10 bits per heavy atom. The number of hydrogen-bond acceptors (Lipinski definition) is 4. The van der Waals surface area contributed by atoms with Crippen molar-refractivity contribution in [3.8, 4) is 11.1 Å². The van der Waals surface area contributed by atoms with E-state index < -0.39 is 18.4 Å². The van der Waals surface area contributed by atoms with Crippen molar-refractivity contribution < 1.29 is 14.7 Å². The Bertz CT molecular complexity index is 626. The fourth-order valence-electron chi connectivity index (χ4n) is 1.49. The normalized spacial score (nSPS) is 10.1. The van der Waals surface area contributed by atoms with E-state index in [4.69, 9.17) is 16.7 Å². The quantitative estimate of drug-likeness (QED) is 0.835. The van der Waals surface area contributed by atoms with Gasteiger partial charge >= 0.3 is 5.97 Å². The maximum atomic E-state index is 11.6. The molecule has 0 bridgehead atoms. The van der Waals surface area contributed by atoms with Crippen LogP contribution >= 0.6 is 11.6 Å². The molecule has 0 aliphatic rings. The number of carboxylic acids is 1. The molecule has 0 aliphatic carbocycles. The molecule has 0 atom stereocenters. The minimum Gasteiger partial charge on any atom is -0.480 e. The van der Waals surface area contributed by atoms with Crippen molar-refractivity contribution >= 4 is 23.5 Å². The number of halogens is 1. The molecule has 2 heterocycles. The maximum absolute atomic E-state index is 11.6. The molecule has 7 heteroatoms. The van der Waals surface area contributed by atoms with Gasteiger partial charge in [0.05, 0.1) is 0 Å². The number of amides is 1. The first-order valence-corrected chi connectivity index (χ1v) is 6.02. The van der Waals surface area contributed by atoms with Gasteiger partial charge in [0.2, 0.25) is 0 Å². The highest BCUT2D eigenvalue weighted by Crippen LogP contribution is 2.18. The summed E-state index contributed by atoms with van der Waals surface area (Å²) >= 11 is 5.70. The van der Waals surface area contributed by atoms with Crippen LogP contribution in [0.2, 0.25) is 5.15 Å². The van der Waals surface area contributed by atoms with E-state index in [9.17, 15) is 9.59 Å². The van der Waals surface area contributed by atoms with Crippen LogP contribution in [0.4, 0.5) is 0 Å². The number of nitrogens with zero attached hydrogens (tertiary/aromatic N) is 2. The average molecular weight is 292 g/mol. The van der Waals surface area contributed by atoms with Crippen LogP contribution in [0, 0.1) is 0 Å².